The second-order valence-electron chi connectivity index (χ2n) is 10.5. The van der Waals surface area contributed by atoms with Crippen LogP contribution in [0.2, 0.25) is 0 Å². The van der Waals surface area contributed by atoms with Gasteiger partial charge < -0.3 is 24.2 Å². The van der Waals surface area contributed by atoms with Crippen molar-refractivity contribution in [1.82, 2.24) is 10.3 Å². The Labute approximate surface area is 205 Å². The monoisotopic (exact) mass is 475 g/mol. The third-order valence-corrected chi connectivity index (χ3v) is 8.15. The Morgan fingerprint density at radius 3 is 2.94 bits per heavy atom. The summed E-state index contributed by atoms with van der Waals surface area (Å²) < 4.78 is 18.2. The molecule has 1 N–H and O–H groups in total. The highest BCUT2D eigenvalue weighted by molar-refractivity contribution is 6.45. The summed E-state index contributed by atoms with van der Waals surface area (Å²) in [7, 11) is -0.404. The molecule has 2 aromatic rings. The van der Waals surface area contributed by atoms with Gasteiger partial charge in [0.1, 0.15) is 12.4 Å². The smallest absolute Gasteiger partial charge is 0.478 e. The molecule has 1 saturated heterocycles. The van der Waals surface area contributed by atoms with Crippen LogP contribution in [0.1, 0.15) is 44.4 Å². The van der Waals surface area contributed by atoms with Crippen LogP contribution in [0.5, 0.6) is 5.75 Å². The van der Waals surface area contributed by atoms with E-state index in [1.165, 1.54) is 6.42 Å². The number of rotatable bonds is 7. The van der Waals surface area contributed by atoms with Crippen LogP contribution in [0, 0.1) is 17.3 Å². The lowest BCUT2D eigenvalue weighted by Gasteiger charge is -2.60. The number of hydrogen-bond donors (Lipinski definition) is 1. The van der Waals surface area contributed by atoms with Crippen LogP contribution in [0.25, 0.3) is 0 Å². The molecule has 1 aromatic heterocycles. The topological polar surface area (TPSA) is 91.3 Å². The van der Waals surface area contributed by atoms with Crippen molar-refractivity contribution >= 4 is 18.7 Å². The van der Waals surface area contributed by atoms with Crippen LogP contribution in [-0.2, 0) is 25.5 Å². The van der Waals surface area contributed by atoms with Crippen LogP contribution in [0.15, 0.2) is 53.8 Å². The molecule has 8 nitrogen and oxygen atoms in total. The fourth-order valence-electron chi connectivity index (χ4n) is 5.89. The van der Waals surface area contributed by atoms with Gasteiger partial charge in [-0.25, -0.2) is 0 Å². The molecule has 7 rings (SSSR count). The first-order valence-corrected chi connectivity index (χ1v) is 12.4. The minimum absolute atomic E-state index is 0.140. The summed E-state index contributed by atoms with van der Waals surface area (Å²) in [6.45, 7) is 5.04. The lowest BCUT2D eigenvalue weighted by Crippen LogP contribution is -2.59. The molecule has 9 heteroatoms. The fourth-order valence-corrected chi connectivity index (χ4v) is 5.89. The Morgan fingerprint density at radius 1 is 1.20 bits per heavy atom. The lowest BCUT2D eigenvalue weighted by atomic mass is 9.47. The van der Waals surface area contributed by atoms with Gasteiger partial charge in [0.15, 0.2) is 0 Å². The summed E-state index contributed by atoms with van der Waals surface area (Å²) in [6, 6.07) is 13.3. The summed E-state index contributed by atoms with van der Waals surface area (Å²) in [5.74, 6) is 1.76. The van der Waals surface area contributed by atoms with E-state index in [0.29, 0.717) is 42.5 Å². The average molecular weight is 475 g/mol. The van der Waals surface area contributed by atoms with Crippen LogP contribution >= 0.6 is 0 Å². The van der Waals surface area contributed by atoms with E-state index < -0.39 is 13.2 Å². The van der Waals surface area contributed by atoms with Crippen LogP contribution in [0.4, 0.5) is 0 Å². The van der Waals surface area contributed by atoms with E-state index in [-0.39, 0.29) is 18.1 Å². The molecule has 5 aliphatic rings. The van der Waals surface area contributed by atoms with E-state index in [0.717, 1.165) is 23.4 Å². The molecule has 3 saturated carbocycles. The Morgan fingerprint density at radius 2 is 2.11 bits per heavy atom. The number of carbonyl (C=O) groups excluding carboxylic acids is 1. The van der Waals surface area contributed by atoms with Crippen molar-refractivity contribution in [1.29, 1.82) is 0 Å². The van der Waals surface area contributed by atoms with E-state index in [1.54, 1.807) is 6.20 Å². The van der Waals surface area contributed by atoms with Gasteiger partial charge in [-0.05, 0) is 54.4 Å². The molecular weight excluding hydrogens is 445 g/mol. The number of amides is 1. The molecular formula is C26H30BN3O5. The number of hydrogen-bond acceptors (Lipinski definition) is 7. The van der Waals surface area contributed by atoms with Crippen LogP contribution in [-0.4, -0.2) is 48.5 Å². The van der Waals surface area contributed by atoms with Crippen molar-refractivity contribution in [2.24, 2.45) is 22.4 Å². The highest BCUT2D eigenvalue weighted by atomic mass is 16.7. The number of pyridine rings is 1. The first kappa shape index (κ1) is 22.6. The number of benzene rings is 1. The Balaban J connectivity index is 0.987. The SMILES string of the molecule is CC1(C)[C@@H]2CC3OB(CNC(=O)C4CC(c5cccc(OCc6ccccn6)c5)=NO4)OC3[C@H]1C2. The van der Waals surface area contributed by atoms with Gasteiger partial charge in [0.25, 0.3) is 5.91 Å². The Bertz CT molecular complexity index is 1130. The summed E-state index contributed by atoms with van der Waals surface area (Å²) in [6.07, 6.45) is 4.35. The summed E-state index contributed by atoms with van der Waals surface area (Å²) in [4.78, 5) is 22.5. The first-order valence-electron chi connectivity index (χ1n) is 12.4. The molecule has 4 fully saturated rings. The number of oxime groups is 1. The predicted octanol–water partition coefficient (Wildman–Crippen LogP) is 3.15. The van der Waals surface area contributed by atoms with Gasteiger partial charge in [-0.15, -0.1) is 0 Å². The van der Waals surface area contributed by atoms with Crippen molar-refractivity contribution < 1.29 is 23.7 Å². The Kier molecular flexibility index (Phi) is 5.77. The van der Waals surface area contributed by atoms with Gasteiger partial charge in [0.05, 0.1) is 30.1 Å². The molecule has 3 aliphatic carbocycles. The van der Waals surface area contributed by atoms with Crippen molar-refractivity contribution in [3.05, 3.63) is 59.9 Å². The van der Waals surface area contributed by atoms with Crippen molar-refractivity contribution in [2.45, 2.75) is 58.0 Å². The zero-order valence-corrected chi connectivity index (χ0v) is 20.1. The zero-order chi connectivity index (χ0) is 24.0. The molecule has 3 unspecified atom stereocenters. The standard InChI is InChI=1S/C26H30BN3O5/c1-26(2)17-11-20(26)24-22(12-17)33-27(34-24)15-29-25(31)23-13-21(30-35-23)16-6-5-8-19(10-16)32-14-18-7-3-4-9-28-18/h3-10,17,20,22-24H,11-15H2,1-2H3,(H,29,31)/t17-,20+,22?,23?,24?/m0/s1. The average Bonchev–Trinajstić information content (AvgIpc) is 3.54. The van der Waals surface area contributed by atoms with E-state index in [1.807, 2.05) is 42.5 Å². The van der Waals surface area contributed by atoms with Crippen molar-refractivity contribution in [3.63, 3.8) is 0 Å². The van der Waals surface area contributed by atoms with Gasteiger partial charge in [0, 0.05) is 18.2 Å². The molecule has 3 heterocycles. The maximum absolute atomic E-state index is 12.7. The molecule has 5 atom stereocenters. The van der Waals surface area contributed by atoms with E-state index in [2.05, 4.69) is 29.3 Å². The highest BCUT2D eigenvalue weighted by Gasteiger charge is 2.61. The summed E-state index contributed by atoms with van der Waals surface area (Å²) in [5, 5.41) is 7.09. The summed E-state index contributed by atoms with van der Waals surface area (Å²) in [5.41, 5.74) is 2.77. The molecule has 1 amide bonds. The lowest BCUT2D eigenvalue weighted by molar-refractivity contribution is -0.150. The number of nitrogens with zero attached hydrogens (tertiary/aromatic N) is 2. The fraction of sp³-hybridized carbons (Fsp3) is 0.500. The molecule has 2 aliphatic heterocycles. The number of aromatic nitrogens is 1. The minimum Gasteiger partial charge on any atom is -0.487 e. The molecule has 35 heavy (non-hydrogen) atoms. The molecule has 2 bridgehead atoms. The molecule has 0 spiro atoms. The third kappa shape index (κ3) is 4.32. The van der Waals surface area contributed by atoms with E-state index >= 15 is 0 Å². The number of nitrogens with one attached hydrogen (secondary N) is 1. The first-order chi connectivity index (χ1) is 17.0. The minimum atomic E-state index is -0.668. The summed E-state index contributed by atoms with van der Waals surface area (Å²) >= 11 is 0. The molecule has 1 aromatic carbocycles. The van der Waals surface area contributed by atoms with Gasteiger partial charge >= 0.3 is 7.12 Å². The number of ether oxygens (including phenoxy) is 1. The van der Waals surface area contributed by atoms with Crippen LogP contribution in [0.3, 0.4) is 0 Å². The predicted molar refractivity (Wildman–Crippen MR) is 130 cm³/mol. The maximum atomic E-state index is 12.7. The van der Waals surface area contributed by atoms with Crippen molar-refractivity contribution in [2.75, 3.05) is 6.44 Å². The second-order valence-corrected chi connectivity index (χ2v) is 10.5. The van der Waals surface area contributed by atoms with Gasteiger partial charge in [-0.3, -0.25) is 9.78 Å². The largest absolute Gasteiger partial charge is 0.487 e. The quantitative estimate of drug-likeness (QED) is 0.619. The van der Waals surface area contributed by atoms with Gasteiger partial charge in [0.2, 0.25) is 6.10 Å². The van der Waals surface area contributed by atoms with E-state index in [9.17, 15) is 4.79 Å². The van der Waals surface area contributed by atoms with Gasteiger partial charge in [-0.2, -0.15) is 0 Å². The van der Waals surface area contributed by atoms with E-state index in [4.69, 9.17) is 18.9 Å². The third-order valence-electron chi connectivity index (χ3n) is 8.15. The second kappa shape index (κ2) is 8.95. The Hall–Kier alpha value is -2.91. The van der Waals surface area contributed by atoms with Crippen LogP contribution < -0.4 is 10.1 Å². The van der Waals surface area contributed by atoms with Gasteiger partial charge in [-0.1, -0.05) is 37.2 Å². The maximum Gasteiger partial charge on any atom is 0.478 e. The normalized spacial score (nSPS) is 30.1. The highest BCUT2D eigenvalue weighted by Crippen LogP contribution is 2.61. The zero-order valence-electron chi connectivity index (χ0n) is 20.1. The number of carbonyl (C=O) groups is 1. The molecule has 0 radical (unpaired) electrons. The molecule has 182 valence electrons. The van der Waals surface area contributed by atoms with Crippen molar-refractivity contribution in [3.8, 4) is 5.75 Å².